The minimum atomic E-state index is -0.234. The van der Waals surface area contributed by atoms with Crippen molar-refractivity contribution in [2.75, 3.05) is 14.2 Å². The van der Waals surface area contributed by atoms with Crippen molar-refractivity contribution in [1.82, 2.24) is 10.6 Å². The van der Waals surface area contributed by atoms with Crippen LogP contribution < -0.4 is 10.6 Å². The number of hydrogen-bond donors (Lipinski definition) is 2. The van der Waals surface area contributed by atoms with Crippen molar-refractivity contribution in [2.45, 2.75) is 19.7 Å². The Morgan fingerprint density at radius 2 is 1.58 bits per heavy atom. The summed E-state index contributed by atoms with van der Waals surface area (Å²) in [5.41, 5.74) is 3.15. The molecule has 0 aliphatic rings. The van der Waals surface area contributed by atoms with Gasteiger partial charge in [-0.3, -0.25) is 4.99 Å². The van der Waals surface area contributed by atoms with E-state index in [0.717, 1.165) is 16.7 Å². The summed E-state index contributed by atoms with van der Waals surface area (Å²) in [7, 11) is 3.39. The summed E-state index contributed by atoms with van der Waals surface area (Å²) < 4.78 is 18.3. The van der Waals surface area contributed by atoms with Gasteiger partial charge in [0.1, 0.15) is 5.82 Å². The molecule has 0 aliphatic carbocycles. The molecule has 0 spiro atoms. The van der Waals surface area contributed by atoms with E-state index in [1.165, 1.54) is 12.1 Å². The maximum Gasteiger partial charge on any atom is 0.191 e. The normalized spacial score (nSPS) is 10.9. The fourth-order valence-electron chi connectivity index (χ4n) is 2.24. The summed E-state index contributed by atoms with van der Waals surface area (Å²) in [5.74, 6) is 0.439. The number of benzene rings is 2. The van der Waals surface area contributed by atoms with E-state index < -0.39 is 0 Å². The molecule has 24 heavy (non-hydrogen) atoms. The Balaban J connectivity index is 0.00000288. The molecule has 0 bridgehead atoms. The van der Waals surface area contributed by atoms with E-state index in [9.17, 15) is 4.39 Å². The molecule has 4 nitrogen and oxygen atoms in total. The molecular weight excluding hydrogens is 420 g/mol. The second kappa shape index (κ2) is 11.0. The summed E-state index contributed by atoms with van der Waals surface area (Å²) in [4.78, 5) is 4.18. The highest BCUT2D eigenvalue weighted by atomic mass is 127. The average Bonchev–Trinajstić information content (AvgIpc) is 2.56. The highest BCUT2D eigenvalue weighted by Crippen LogP contribution is 2.06. The zero-order chi connectivity index (χ0) is 16.5. The zero-order valence-corrected chi connectivity index (χ0v) is 16.2. The number of guanidine groups is 1. The van der Waals surface area contributed by atoms with Crippen LogP contribution in [-0.2, 0) is 24.4 Å². The van der Waals surface area contributed by atoms with Crippen molar-refractivity contribution in [3.05, 3.63) is 71.0 Å². The van der Waals surface area contributed by atoms with Gasteiger partial charge < -0.3 is 15.4 Å². The molecular formula is C18H23FIN3O. The lowest BCUT2D eigenvalue weighted by Crippen LogP contribution is -2.36. The van der Waals surface area contributed by atoms with Gasteiger partial charge in [-0.25, -0.2) is 4.39 Å². The molecule has 2 rings (SSSR count). The zero-order valence-electron chi connectivity index (χ0n) is 13.9. The van der Waals surface area contributed by atoms with Crippen molar-refractivity contribution in [3.8, 4) is 0 Å². The Morgan fingerprint density at radius 3 is 2.17 bits per heavy atom. The smallest absolute Gasteiger partial charge is 0.191 e. The van der Waals surface area contributed by atoms with Crippen LogP contribution in [0.15, 0.2) is 53.5 Å². The van der Waals surface area contributed by atoms with Crippen molar-refractivity contribution in [2.24, 2.45) is 4.99 Å². The van der Waals surface area contributed by atoms with Gasteiger partial charge in [-0.2, -0.15) is 0 Å². The van der Waals surface area contributed by atoms with E-state index in [2.05, 4.69) is 21.7 Å². The van der Waals surface area contributed by atoms with Gasteiger partial charge in [-0.1, -0.05) is 36.4 Å². The Morgan fingerprint density at radius 1 is 1.00 bits per heavy atom. The lowest BCUT2D eigenvalue weighted by Gasteiger charge is -2.12. The number of nitrogens with zero attached hydrogens (tertiary/aromatic N) is 1. The lowest BCUT2D eigenvalue weighted by molar-refractivity contribution is 0.185. The van der Waals surface area contributed by atoms with Crippen LogP contribution in [0.4, 0.5) is 4.39 Å². The van der Waals surface area contributed by atoms with Gasteiger partial charge in [-0.05, 0) is 28.8 Å². The molecule has 0 atom stereocenters. The molecule has 2 aromatic rings. The first-order valence-corrected chi connectivity index (χ1v) is 7.47. The predicted molar refractivity (Wildman–Crippen MR) is 106 cm³/mol. The van der Waals surface area contributed by atoms with Gasteiger partial charge in [-0.15, -0.1) is 24.0 Å². The Kier molecular flexibility index (Phi) is 9.33. The molecule has 2 N–H and O–H groups in total. The first-order chi connectivity index (χ1) is 11.2. The van der Waals surface area contributed by atoms with Gasteiger partial charge in [0.25, 0.3) is 0 Å². The fraction of sp³-hybridized carbons (Fsp3) is 0.278. The third-order valence-corrected chi connectivity index (χ3v) is 3.33. The van der Waals surface area contributed by atoms with Crippen molar-refractivity contribution in [1.29, 1.82) is 0 Å². The molecule has 2 aromatic carbocycles. The van der Waals surface area contributed by atoms with E-state index in [0.29, 0.717) is 25.7 Å². The van der Waals surface area contributed by atoms with E-state index >= 15 is 0 Å². The lowest BCUT2D eigenvalue weighted by atomic mass is 10.1. The maximum atomic E-state index is 13.2. The summed E-state index contributed by atoms with van der Waals surface area (Å²) >= 11 is 0. The largest absolute Gasteiger partial charge is 0.380 e. The summed E-state index contributed by atoms with van der Waals surface area (Å²) in [5, 5.41) is 6.41. The molecule has 0 saturated heterocycles. The van der Waals surface area contributed by atoms with Gasteiger partial charge in [0.2, 0.25) is 0 Å². The van der Waals surface area contributed by atoms with Gasteiger partial charge in [0.05, 0.1) is 6.61 Å². The molecule has 0 aromatic heterocycles. The number of hydrogen-bond acceptors (Lipinski definition) is 2. The topological polar surface area (TPSA) is 45.7 Å². The standard InChI is InChI=1S/C18H22FN3O.HI/c1-20-18(22-12-15-6-4-8-17(19)10-15)21-11-14-5-3-7-16(9-14)13-23-2;/h3-10H,11-13H2,1-2H3,(H2,20,21,22);1H. The third kappa shape index (κ3) is 6.84. The maximum absolute atomic E-state index is 13.2. The summed E-state index contributed by atoms with van der Waals surface area (Å²) in [6.07, 6.45) is 0. The number of aliphatic imine (C=N–C) groups is 1. The van der Waals surface area contributed by atoms with Crippen molar-refractivity contribution in [3.63, 3.8) is 0 Å². The number of ether oxygens (including phenoxy) is 1. The van der Waals surface area contributed by atoms with Crippen LogP contribution in [0.5, 0.6) is 0 Å². The SMILES string of the molecule is CN=C(NCc1cccc(F)c1)NCc1cccc(COC)c1.I. The van der Waals surface area contributed by atoms with Gasteiger partial charge in [0.15, 0.2) is 5.96 Å². The highest BCUT2D eigenvalue weighted by Gasteiger charge is 2.01. The molecule has 6 heteroatoms. The monoisotopic (exact) mass is 443 g/mol. The van der Waals surface area contributed by atoms with E-state index in [1.54, 1.807) is 20.2 Å². The van der Waals surface area contributed by atoms with Crippen LogP contribution in [0.1, 0.15) is 16.7 Å². The number of rotatable bonds is 6. The summed E-state index contributed by atoms with van der Waals surface area (Å²) in [6, 6.07) is 14.7. The predicted octanol–water partition coefficient (Wildman–Crippen LogP) is 3.46. The quantitative estimate of drug-likeness (QED) is 0.409. The molecule has 0 aliphatic heterocycles. The van der Waals surface area contributed by atoms with E-state index in [4.69, 9.17) is 4.74 Å². The third-order valence-electron chi connectivity index (χ3n) is 3.33. The van der Waals surface area contributed by atoms with Crippen LogP contribution in [0, 0.1) is 5.82 Å². The second-order valence-corrected chi connectivity index (χ2v) is 5.16. The van der Waals surface area contributed by atoms with Crippen LogP contribution in [0.3, 0.4) is 0 Å². The van der Waals surface area contributed by atoms with Crippen LogP contribution in [0.25, 0.3) is 0 Å². The molecule has 0 unspecified atom stereocenters. The number of halogens is 2. The highest BCUT2D eigenvalue weighted by molar-refractivity contribution is 14.0. The number of nitrogens with one attached hydrogen (secondary N) is 2. The summed E-state index contributed by atoms with van der Waals surface area (Å²) in [6.45, 7) is 1.77. The van der Waals surface area contributed by atoms with E-state index in [-0.39, 0.29) is 29.8 Å². The average molecular weight is 443 g/mol. The van der Waals surface area contributed by atoms with Crippen molar-refractivity contribution >= 4 is 29.9 Å². The van der Waals surface area contributed by atoms with Crippen LogP contribution >= 0.6 is 24.0 Å². The molecule has 130 valence electrons. The minimum absolute atomic E-state index is 0. The Bertz CT molecular complexity index is 664. The Labute approximate surface area is 159 Å². The second-order valence-electron chi connectivity index (χ2n) is 5.16. The van der Waals surface area contributed by atoms with Crippen molar-refractivity contribution < 1.29 is 9.13 Å². The van der Waals surface area contributed by atoms with Gasteiger partial charge in [0, 0.05) is 27.2 Å². The first-order valence-electron chi connectivity index (χ1n) is 7.47. The minimum Gasteiger partial charge on any atom is -0.380 e. The number of methoxy groups -OCH3 is 1. The first kappa shape index (κ1) is 20.4. The van der Waals surface area contributed by atoms with Crippen LogP contribution in [-0.4, -0.2) is 20.1 Å². The van der Waals surface area contributed by atoms with Gasteiger partial charge >= 0.3 is 0 Å². The molecule has 0 saturated carbocycles. The molecule has 0 heterocycles. The molecule has 0 radical (unpaired) electrons. The van der Waals surface area contributed by atoms with Crippen LogP contribution in [0.2, 0.25) is 0 Å². The van der Waals surface area contributed by atoms with E-state index in [1.807, 2.05) is 24.3 Å². The molecule has 0 fully saturated rings. The fourth-order valence-corrected chi connectivity index (χ4v) is 2.24. The molecule has 0 amide bonds. The Hall–Kier alpha value is -1.67.